The Kier molecular flexibility index (Phi) is 6.91. The van der Waals surface area contributed by atoms with Crippen molar-refractivity contribution in [3.8, 4) is 0 Å². The number of nitrogens with one attached hydrogen (secondary N) is 2. The Morgan fingerprint density at radius 1 is 0.941 bits per heavy atom. The molecule has 1 aliphatic carbocycles. The Labute approximate surface area is 202 Å². The van der Waals surface area contributed by atoms with Crippen LogP contribution >= 0.6 is 0 Å². The quantitative estimate of drug-likeness (QED) is 0.580. The molecule has 0 bridgehead atoms. The van der Waals surface area contributed by atoms with Crippen molar-refractivity contribution in [2.24, 2.45) is 5.92 Å². The smallest absolute Gasteiger partial charge is 0.223 e. The van der Waals surface area contributed by atoms with E-state index in [9.17, 15) is 9.59 Å². The van der Waals surface area contributed by atoms with Gasteiger partial charge in [-0.05, 0) is 40.7 Å². The van der Waals surface area contributed by atoms with Crippen molar-refractivity contribution in [2.75, 3.05) is 39.3 Å². The highest BCUT2D eigenvalue weighted by atomic mass is 16.2. The van der Waals surface area contributed by atoms with Gasteiger partial charge in [-0.15, -0.1) is 0 Å². The summed E-state index contributed by atoms with van der Waals surface area (Å²) < 4.78 is 0. The van der Waals surface area contributed by atoms with Gasteiger partial charge in [0, 0.05) is 31.8 Å². The van der Waals surface area contributed by atoms with Crippen molar-refractivity contribution >= 4 is 30.0 Å². The predicted octanol–water partition coefficient (Wildman–Crippen LogP) is 2.64. The van der Waals surface area contributed by atoms with E-state index in [-0.39, 0.29) is 11.8 Å². The minimum absolute atomic E-state index is 0.0490. The van der Waals surface area contributed by atoms with E-state index in [0.717, 1.165) is 58.3 Å². The van der Waals surface area contributed by atoms with Crippen molar-refractivity contribution in [1.29, 1.82) is 0 Å². The first-order valence-corrected chi connectivity index (χ1v) is 12.6. The number of rotatable bonds is 5. The van der Waals surface area contributed by atoms with Crippen LogP contribution in [-0.2, 0) is 9.59 Å². The normalized spacial score (nSPS) is 20.4. The Bertz CT molecular complexity index is 1050. The fourth-order valence-corrected chi connectivity index (χ4v) is 5.62. The highest BCUT2D eigenvalue weighted by Gasteiger charge is 2.26. The van der Waals surface area contributed by atoms with Crippen LogP contribution < -0.4 is 10.2 Å². The number of piperidine rings is 2. The number of quaternary nitrogens is 1. The topological polar surface area (TPSA) is 53.9 Å². The predicted molar refractivity (Wildman–Crippen MR) is 136 cm³/mol. The van der Waals surface area contributed by atoms with Crippen LogP contribution in [0.15, 0.2) is 54.1 Å². The number of carbonyl (C=O) groups is 2. The van der Waals surface area contributed by atoms with Gasteiger partial charge in [-0.1, -0.05) is 66.3 Å². The van der Waals surface area contributed by atoms with Crippen molar-refractivity contribution in [3.05, 3.63) is 76.4 Å². The van der Waals surface area contributed by atoms with Crippen molar-refractivity contribution in [1.82, 2.24) is 10.2 Å². The molecule has 2 N–H and O–H groups in total. The van der Waals surface area contributed by atoms with Crippen LogP contribution in [0.1, 0.15) is 47.9 Å². The standard InChI is InChI=1S/C29H33N3O2/c33-21-32-18-13-25(14-19-32)29(34)30-15-20-31-16-11-24(12-17-31)28-26-7-3-1-5-22(26)9-10-23-6-2-4-8-27(23)28/h1-10,21,25H,11-20H2,(H,30,34)/p+1. The Balaban J connectivity index is 1.21. The summed E-state index contributed by atoms with van der Waals surface area (Å²) in [6, 6.07) is 17.5. The number of likely N-dealkylation sites (tertiary alicyclic amines) is 2. The van der Waals surface area contributed by atoms with Gasteiger partial charge in [-0.25, -0.2) is 0 Å². The van der Waals surface area contributed by atoms with Crippen LogP contribution in [0.2, 0.25) is 0 Å². The lowest BCUT2D eigenvalue weighted by Crippen LogP contribution is -3.13. The number of benzene rings is 2. The molecular weight excluding hydrogens is 422 g/mol. The molecule has 2 saturated heterocycles. The SMILES string of the molecule is O=CN1CCC(C(=O)NCC[NH+]2CCC(=C3c4ccccc4C=Cc4ccccc43)CC2)CC1. The summed E-state index contributed by atoms with van der Waals surface area (Å²) >= 11 is 0. The molecule has 2 amide bonds. The molecule has 2 fully saturated rings. The van der Waals surface area contributed by atoms with Gasteiger partial charge in [0.2, 0.25) is 12.3 Å². The monoisotopic (exact) mass is 456 g/mol. The summed E-state index contributed by atoms with van der Waals surface area (Å²) in [6.07, 6.45) is 9.10. The third-order valence-electron chi connectivity index (χ3n) is 7.64. The van der Waals surface area contributed by atoms with Gasteiger partial charge in [0.25, 0.3) is 0 Å². The van der Waals surface area contributed by atoms with Gasteiger partial charge in [0.15, 0.2) is 0 Å². The van der Waals surface area contributed by atoms with Gasteiger partial charge in [-0.2, -0.15) is 0 Å². The average Bonchev–Trinajstić information content (AvgIpc) is 3.06. The lowest BCUT2D eigenvalue weighted by molar-refractivity contribution is -0.901. The molecule has 34 heavy (non-hydrogen) atoms. The highest BCUT2D eigenvalue weighted by molar-refractivity contribution is 5.94. The van der Waals surface area contributed by atoms with Gasteiger partial charge >= 0.3 is 0 Å². The van der Waals surface area contributed by atoms with E-state index >= 15 is 0 Å². The van der Waals surface area contributed by atoms with E-state index in [2.05, 4.69) is 66.0 Å². The molecule has 0 spiro atoms. The Morgan fingerprint density at radius 2 is 1.53 bits per heavy atom. The molecule has 0 atom stereocenters. The summed E-state index contributed by atoms with van der Waals surface area (Å²) in [4.78, 5) is 26.7. The molecule has 5 nitrogen and oxygen atoms in total. The summed E-state index contributed by atoms with van der Waals surface area (Å²) in [5.41, 5.74) is 8.24. The minimum atomic E-state index is 0.0490. The van der Waals surface area contributed by atoms with Crippen molar-refractivity contribution in [2.45, 2.75) is 25.7 Å². The van der Waals surface area contributed by atoms with Crippen molar-refractivity contribution < 1.29 is 14.5 Å². The molecule has 0 saturated carbocycles. The maximum absolute atomic E-state index is 12.5. The number of nitrogens with zero attached hydrogens (tertiary/aromatic N) is 1. The van der Waals surface area contributed by atoms with E-state index in [4.69, 9.17) is 0 Å². The molecule has 2 heterocycles. The van der Waals surface area contributed by atoms with Crippen LogP contribution in [0.4, 0.5) is 0 Å². The first kappa shape index (κ1) is 22.6. The van der Waals surface area contributed by atoms with Gasteiger partial charge in [0.1, 0.15) is 0 Å². The fraction of sp³-hybridized carbons (Fsp3) is 0.379. The largest absolute Gasteiger partial charge is 0.350 e. The summed E-state index contributed by atoms with van der Waals surface area (Å²) in [5.74, 6) is 0.205. The number of fused-ring (bicyclic) bond motifs is 2. The van der Waals surface area contributed by atoms with Crippen LogP contribution in [-0.4, -0.2) is 56.5 Å². The fourth-order valence-electron chi connectivity index (χ4n) is 5.62. The number of hydrogen-bond donors (Lipinski definition) is 2. The van der Waals surface area contributed by atoms with E-state index < -0.39 is 0 Å². The molecular formula is C29H34N3O2+. The first-order chi connectivity index (χ1) is 16.7. The van der Waals surface area contributed by atoms with E-state index in [1.807, 2.05) is 0 Å². The Morgan fingerprint density at radius 3 is 2.12 bits per heavy atom. The van der Waals surface area contributed by atoms with Gasteiger partial charge in [-0.3, -0.25) is 9.59 Å². The second-order valence-corrected chi connectivity index (χ2v) is 9.69. The van der Waals surface area contributed by atoms with Crippen molar-refractivity contribution in [3.63, 3.8) is 0 Å². The molecule has 0 unspecified atom stereocenters. The van der Waals surface area contributed by atoms with E-state index in [1.165, 1.54) is 27.8 Å². The summed E-state index contributed by atoms with van der Waals surface area (Å²) in [5, 5.41) is 3.15. The maximum Gasteiger partial charge on any atom is 0.223 e. The van der Waals surface area contributed by atoms with Gasteiger partial charge < -0.3 is 15.1 Å². The average molecular weight is 457 g/mol. The molecule has 5 rings (SSSR count). The van der Waals surface area contributed by atoms with Crippen LogP contribution in [0.5, 0.6) is 0 Å². The molecule has 2 aromatic rings. The highest BCUT2D eigenvalue weighted by Crippen LogP contribution is 2.37. The zero-order valence-corrected chi connectivity index (χ0v) is 19.8. The molecule has 2 aliphatic heterocycles. The van der Waals surface area contributed by atoms with E-state index in [0.29, 0.717) is 13.1 Å². The van der Waals surface area contributed by atoms with E-state index in [1.54, 1.807) is 15.4 Å². The number of carbonyl (C=O) groups excluding carboxylic acids is 2. The number of hydrogen-bond acceptors (Lipinski definition) is 2. The Hall–Kier alpha value is -3.18. The lowest BCUT2D eigenvalue weighted by atomic mass is 9.86. The van der Waals surface area contributed by atoms with Crippen LogP contribution in [0.25, 0.3) is 17.7 Å². The zero-order valence-electron chi connectivity index (χ0n) is 19.8. The summed E-state index contributed by atoms with van der Waals surface area (Å²) in [7, 11) is 0. The van der Waals surface area contributed by atoms with Gasteiger partial charge in [0.05, 0.1) is 26.2 Å². The maximum atomic E-state index is 12.5. The third kappa shape index (κ3) is 4.85. The summed E-state index contributed by atoms with van der Waals surface area (Å²) in [6.45, 7) is 5.28. The number of amides is 2. The second-order valence-electron chi connectivity index (χ2n) is 9.69. The molecule has 0 radical (unpaired) electrons. The molecule has 2 aromatic carbocycles. The second kappa shape index (κ2) is 10.4. The third-order valence-corrected chi connectivity index (χ3v) is 7.64. The zero-order chi connectivity index (χ0) is 23.3. The molecule has 3 aliphatic rings. The van der Waals surface area contributed by atoms with Crippen LogP contribution in [0.3, 0.4) is 0 Å². The minimum Gasteiger partial charge on any atom is -0.350 e. The first-order valence-electron chi connectivity index (χ1n) is 12.6. The molecule has 5 heteroatoms. The lowest BCUT2D eigenvalue weighted by Gasteiger charge is -2.29. The van der Waals surface area contributed by atoms with Crippen LogP contribution in [0, 0.1) is 5.92 Å². The molecule has 0 aromatic heterocycles. The molecule has 176 valence electrons.